The second-order valence-electron chi connectivity index (χ2n) is 5.78. The van der Waals surface area contributed by atoms with Gasteiger partial charge in [-0.25, -0.2) is 9.97 Å². The third-order valence-corrected chi connectivity index (χ3v) is 4.02. The number of fused-ring (bicyclic) bond motifs is 1. The molecular formula is C17H23N5. The van der Waals surface area contributed by atoms with Crippen LogP contribution < -0.4 is 0 Å². The zero-order chi connectivity index (χ0) is 15.5. The van der Waals surface area contributed by atoms with Crippen molar-refractivity contribution in [3.8, 4) is 0 Å². The number of rotatable bonds is 6. The Bertz CT molecular complexity index is 755. The molecule has 0 amide bonds. The van der Waals surface area contributed by atoms with Crippen LogP contribution in [0.25, 0.3) is 11.0 Å². The average Bonchev–Trinajstić information content (AvgIpc) is 3.11. The van der Waals surface area contributed by atoms with Crippen molar-refractivity contribution in [3.05, 3.63) is 47.8 Å². The number of aryl methyl sites for hydroxylation is 2. The molecular weight excluding hydrogens is 274 g/mol. The Hall–Kier alpha value is -2.14. The van der Waals surface area contributed by atoms with Crippen molar-refractivity contribution in [2.75, 3.05) is 13.6 Å². The molecule has 1 aromatic carbocycles. The van der Waals surface area contributed by atoms with Gasteiger partial charge in [0.15, 0.2) is 0 Å². The molecule has 22 heavy (non-hydrogen) atoms. The highest BCUT2D eigenvalue weighted by Gasteiger charge is 2.08. The molecule has 3 aromatic rings. The van der Waals surface area contributed by atoms with Gasteiger partial charge in [-0.1, -0.05) is 19.1 Å². The van der Waals surface area contributed by atoms with Gasteiger partial charge in [0.2, 0.25) is 0 Å². The molecule has 5 nitrogen and oxygen atoms in total. The number of nitrogens with one attached hydrogen (secondary N) is 1. The summed E-state index contributed by atoms with van der Waals surface area (Å²) >= 11 is 0. The van der Waals surface area contributed by atoms with Crippen LogP contribution in [0.15, 0.2) is 30.6 Å². The maximum absolute atomic E-state index is 4.71. The zero-order valence-corrected chi connectivity index (χ0v) is 13.5. The zero-order valence-electron chi connectivity index (χ0n) is 13.5. The van der Waals surface area contributed by atoms with E-state index >= 15 is 0 Å². The van der Waals surface area contributed by atoms with Crippen molar-refractivity contribution in [1.82, 2.24) is 24.4 Å². The molecule has 0 fully saturated rings. The molecule has 2 heterocycles. The number of nitrogens with zero attached hydrogens (tertiary/aromatic N) is 4. The number of aromatic amines is 1. The van der Waals surface area contributed by atoms with Gasteiger partial charge in [-0.3, -0.25) is 4.90 Å². The van der Waals surface area contributed by atoms with Crippen LogP contribution in [0.5, 0.6) is 0 Å². The second-order valence-corrected chi connectivity index (χ2v) is 5.78. The molecule has 2 aromatic heterocycles. The van der Waals surface area contributed by atoms with Crippen LogP contribution in [0.3, 0.4) is 0 Å². The summed E-state index contributed by atoms with van der Waals surface area (Å²) in [6.45, 7) is 6.99. The van der Waals surface area contributed by atoms with Crippen LogP contribution in [0, 0.1) is 6.92 Å². The summed E-state index contributed by atoms with van der Waals surface area (Å²) in [7, 11) is 2.13. The molecule has 5 heteroatoms. The standard InChI is InChI=1S/C17H23N5/c1-4-16-18-8-9-22(16)11-10-21(3)12-15-19-14-7-5-6-13(2)17(14)20-15/h5-9H,4,10-12H2,1-3H3,(H,19,20). The lowest BCUT2D eigenvalue weighted by Crippen LogP contribution is -2.23. The molecule has 1 N–H and O–H groups in total. The fourth-order valence-electron chi connectivity index (χ4n) is 2.77. The molecule has 3 rings (SSSR count). The average molecular weight is 297 g/mol. The molecule has 0 spiro atoms. The fraction of sp³-hybridized carbons (Fsp3) is 0.412. The van der Waals surface area contributed by atoms with Crippen LogP contribution in [0.4, 0.5) is 0 Å². The smallest absolute Gasteiger partial charge is 0.121 e. The largest absolute Gasteiger partial charge is 0.341 e. The highest BCUT2D eigenvalue weighted by Crippen LogP contribution is 2.16. The van der Waals surface area contributed by atoms with Gasteiger partial charge < -0.3 is 9.55 Å². The number of H-pyrrole nitrogens is 1. The number of hydrogen-bond donors (Lipinski definition) is 1. The van der Waals surface area contributed by atoms with Crippen molar-refractivity contribution in [2.45, 2.75) is 33.4 Å². The van der Waals surface area contributed by atoms with Gasteiger partial charge >= 0.3 is 0 Å². The van der Waals surface area contributed by atoms with Gasteiger partial charge in [0.25, 0.3) is 0 Å². The normalized spacial score (nSPS) is 11.6. The van der Waals surface area contributed by atoms with E-state index in [1.54, 1.807) is 0 Å². The summed E-state index contributed by atoms with van der Waals surface area (Å²) < 4.78 is 2.22. The second kappa shape index (κ2) is 6.32. The number of likely N-dealkylation sites (N-methyl/N-ethyl adjacent to an activating group) is 1. The van der Waals surface area contributed by atoms with Crippen LogP contribution >= 0.6 is 0 Å². The molecule has 0 bridgehead atoms. The number of para-hydroxylation sites is 1. The lowest BCUT2D eigenvalue weighted by Gasteiger charge is -2.16. The van der Waals surface area contributed by atoms with Crippen molar-refractivity contribution in [1.29, 1.82) is 0 Å². The summed E-state index contributed by atoms with van der Waals surface area (Å²) in [5, 5.41) is 0. The number of imidazole rings is 2. The monoisotopic (exact) mass is 297 g/mol. The molecule has 0 radical (unpaired) electrons. The summed E-state index contributed by atoms with van der Waals surface area (Å²) in [4.78, 5) is 14.8. The molecule has 0 aliphatic rings. The van der Waals surface area contributed by atoms with E-state index in [-0.39, 0.29) is 0 Å². The van der Waals surface area contributed by atoms with Gasteiger partial charge in [0, 0.05) is 31.9 Å². The van der Waals surface area contributed by atoms with E-state index in [2.05, 4.69) is 64.7 Å². The maximum Gasteiger partial charge on any atom is 0.121 e. The van der Waals surface area contributed by atoms with E-state index in [4.69, 9.17) is 4.98 Å². The SMILES string of the molecule is CCc1nccn1CCN(C)Cc1nc2c(C)cccc2[nH]1. The Labute approximate surface area is 131 Å². The van der Waals surface area contributed by atoms with E-state index < -0.39 is 0 Å². The van der Waals surface area contributed by atoms with Crippen LogP contribution in [0.2, 0.25) is 0 Å². The first-order valence-corrected chi connectivity index (χ1v) is 7.80. The molecule has 0 aliphatic carbocycles. The summed E-state index contributed by atoms with van der Waals surface area (Å²) in [6.07, 6.45) is 4.90. The molecule has 0 saturated heterocycles. The van der Waals surface area contributed by atoms with Gasteiger partial charge in [-0.2, -0.15) is 0 Å². The summed E-state index contributed by atoms with van der Waals surface area (Å²) in [6, 6.07) is 6.24. The van der Waals surface area contributed by atoms with Crippen molar-refractivity contribution >= 4 is 11.0 Å². The van der Waals surface area contributed by atoms with Crippen molar-refractivity contribution in [3.63, 3.8) is 0 Å². The third-order valence-electron chi connectivity index (χ3n) is 4.02. The Morgan fingerprint density at radius 3 is 2.95 bits per heavy atom. The molecule has 0 saturated carbocycles. The first kappa shape index (κ1) is 14.8. The van der Waals surface area contributed by atoms with Crippen LogP contribution in [0.1, 0.15) is 24.1 Å². The fourth-order valence-corrected chi connectivity index (χ4v) is 2.77. The van der Waals surface area contributed by atoms with E-state index in [0.717, 1.165) is 48.7 Å². The van der Waals surface area contributed by atoms with Crippen molar-refractivity contribution < 1.29 is 0 Å². The van der Waals surface area contributed by atoms with Crippen molar-refractivity contribution in [2.24, 2.45) is 0 Å². The Morgan fingerprint density at radius 2 is 2.18 bits per heavy atom. The minimum absolute atomic E-state index is 0.824. The Kier molecular flexibility index (Phi) is 4.24. The van der Waals surface area contributed by atoms with E-state index in [9.17, 15) is 0 Å². The highest BCUT2D eigenvalue weighted by atomic mass is 15.2. The van der Waals surface area contributed by atoms with Crippen LogP contribution in [-0.2, 0) is 19.5 Å². The van der Waals surface area contributed by atoms with Gasteiger partial charge in [0.1, 0.15) is 11.6 Å². The molecule has 0 aliphatic heterocycles. The third kappa shape index (κ3) is 3.04. The quantitative estimate of drug-likeness (QED) is 0.761. The number of benzene rings is 1. The first-order valence-electron chi connectivity index (χ1n) is 7.80. The van der Waals surface area contributed by atoms with E-state index in [0.29, 0.717) is 0 Å². The minimum Gasteiger partial charge on any atom is -0.341 e. The minimum atomic E-state index is 0.824. The van der Waals surface area contributed by atoms with Gasteiger partial charge in [-0.15, -0.1) is 0 Å². The van der Waals surface area contributed by atoms with Gasteiger partial charge in [-0.05, 0) is 25.6 Å². The lowest BCUT2D eigenvalue weighted by atomic mass is 10.2. The summed E-state index contributed by atoms with van der Waals surface area (Å²) in [5.74, 6) is 2.17. The predicted molar refractivity (Wildman–Crippen MR) is 88.8 cm³/mol. The predicted octanol–water partition coefficient (Wildman–Crippen LogP) is 2.76. The molecule has 0 atom stereocenters. The highest BCUT2D eigenvalue weighted by molar-refractivity contribution is 5.78. The molecule has 0 unspecified atom stereocenters. The lowest BCUT2D eigenvalue weighted by molar-refractivity contribution is 0.303. The van der Waals surface area contributed by atoms with Gasteiger partial charge in [0.05, 0.1) is 17.6 Å². The Morgan fingerprint density at radius 1 is 1.32 bits per heavy atom. The maximum atomic E-state index is 4.71. The van der Waals surface area contributed by atoms with E-state index in [1.165, 1.54) is 5.56 Å². The van der Waals surface area contributed by atoms with E-state index in [1.807, 2.05) is 6.20 Å². The molecule has 116 valence electrons. The number of aromatic nitrogens is 4. The topological polar surface area (TPSA) is 49.7 Å². The number of hydrogen-bond acceptors (Lipinski definition) is 3. The first-order chi connectivity index (χ1) is 10.7. The summed E-state index contributed by atoms with van der Waals surface area (Å²) in [5.41, 5.74) is 3.41. The van der Waals surface area contributed by atoms with Crippen LogP contribution in [-0.4, -0.2) is 38.0 Å². The Balaban J connectivity index is 1.63.